The molecule has 12 nitrogen and oxygen atoms in total. The fourth-order valence-corrected chi connectivity index (χ4v) is 4.07. The van der Waals surface area contributed by atoms with Gasteiger partial charge >= 0.3 is 11.8 Å². The van der Waals surface area contributed by atoms with Gasteiger partial charge < -0.3 is 35.1 Å². The molecule has 0 bridgehead atoms. The van der Waals surface area contributed by atoms with Crippen molar-refractivity contribution in [1.82, 2.24) is 14.9 Å². The smallest absolute Gasteiger partial charge is 0.408 e. The molecule has 1 unspecified atom stereocenters. The van der Waals surface area contributed by atoms with Crippen LogP contribution in [0, 0.1) is 5.82 Å². The van der Waals surface area contributed by atoms with Gasteiger partial charge in [-0.3, -0.25) is 9.36 Å². The average Bonchev–Trinajstić information content (AvgIpc) is 3.29. The van der Waals surface area contributed by atoms with Gasteiger partial charge in [-0.1, -0.05) is 43.2 Å². The summed E-state index contributed by atoms with van der Waals surface area (Å²) in [5.41, 5.74) is -0.202. The van der Waals surface area contributed by atoms with Crippen molar-refractivity contribution in [3.63, 3.8) is 0 Å². The van der Waals surface area contributed by atoms with Crippen LogP contribution in [0.2, 0.25) is 0 Å². The van der Waals surface area contributed by atoms with Crippen LogP contribution in [0.25, 0.3) is 0 Å². The molecule has 4 atom stereocenters. The number of amides is 2. The molecule has 2 heterocycles. The van der Waals surface area contributed by atoms with Crippen molar-refractivity contribution in [3.8, 4) is 0 Å². The monoisotopic (exact) mass is 548 g/mol. The van der Waals surface area contributed by atoms with Crippen LogP contribution in [0.1, 0.15) is 57.2 Å². The lowest BCUT2D eigenvalue weighted by Gasteiger charge is -2.19. The zero-order chi connectivity index (χ0) is 28.4. The van der Waals surface area contributed by atoms with Crippen LogP contribution in [0.15, 0.2) is 41.3 Å². The maximum absolute atomic E-state index is 14.8. The van der Waals surface area contributed by atoms with Gasteiger partial charge in [0.05, 0.1) is 18.9 Å². The van der Waals surface area contributed by atoms with Gasteiger partial charge in [0.2, 0.25) is 5.91 Å². The summed E-state index contributed by atoms with van der Waals surface area (Å²) >= 11 is 0. The number of carbonyl (C=O) groups is 3. The van der Waals surface area contributed by atoms with E-state index in [9.17, 15) is 33.8 Å². The average molecular weight is 549 g/mol. The molecule has 1 aliphatic rings. The molecule has 39 heavy (non-hydrogen) atoms. The number of Topliss-reactive ketones (excluding diaryl/α,β-unsaturated/α-hetero) is 1. The first-order valence-electron chi connectivity index (χ1n) is 12.7. The molecule has 4 N–H and O–H groups in total. The molecule has 0 saturated carbocycles. The van der Waals surface area contributed by atoms with Crippen molar-refractivity contribution in [2.45, 2.75) is 76.5 Å². The number of carbonyl (C=O) groups excluding carboxylic acids is 3. The Balaban J connectivity index is 1.66. The molecule has 13 heteroatoms. The summed E-state index contributed by atoms with van der Waals surface area (Å²) in [4.78, 5) is 52.7. The summed E-state index contributed by atoms with van der Waals surface area (Å²) in [6, 6.07) is 7.80. The first-order valence-corrected chi connectivity index (χ1v) is 12.7. The molecule has 2 aromatic rings. The number of halogens is 1. The van der Waals surface area contributed by atoms with E-state index in [0.29, 0.717) is 25.7 Å². The number of alkyl carbamates (subject to hydrolysis) is 1. The highest BCUT2D eigenvalue weighted by molar-refractivity contribution is 5.95. The molecule has 212 valence electrons. The Morgan fingerprint density at radius 1 is 1.23 bits per heavy atom. The number of ether oxygens (including phenoxy) is 2. The summed E-state index contributed by atoms with van der Waals surface area (Å²) in [6.07, 6.45) is -0.850. The highest BCUT2D eigenvalue weighted by Gasteiger charge is 2.35. The van der Waals surface area contributed by atoms with E-state index in [1.54, 1.807) is 24.3 Å². The van der Waals surface area contributed by atoms with Gasteiger partial charge in [-0.15, -0.1) is 0 Å². The number of aliphatic hydroxyl groups excluding tert-OH is 2. The van der Waals surface area contributed by atoms with Crippen molar-refractivity contribution >= 4 is 23.6 Å². The highest BCUT2D eigenvalue weighted by Crippen LogP contribution is 2.27. The molecule has 2 amide bonds. The first-order chi connectivity index (χ1) is 18.7. The molecule has 1 aromatic carbocycles. The molecule has 3 rings (SSSR count). The fourth-order valence-electron chi connectivity index (χ4n) is 4.07. The van der Waals surface area contributed by atoms with E-state index in [1.165, 1.54) is 6.92 Å². The quantitative estimate of drug-likeness (QED) is 0.273. The Labute approximate surface area is 224 Å². The maximum Gasteiger partial charge on any atom is 0.408 e. The Morgan fingerprint density at radius 2 is 1.97 bits per heavy atom. The van der Waals surface area contributed by atoms with E-state index in [4.69, 9.17) is 9.47 Å². The van der Waals surface area contributed by atoms with Gasteiger partial charge in [-0.2, -0.15) is 4.98 Å². The number of nitrogens with one attached hydrogen (secondary N) is 2. The van der Waals surface area contributed by atoms with Gasteiger partial charge in [0.15, 0.2) is 11.6 Å². The second-order valence-electron chi connectivity index (χ2n) is 9.29. The van der Waals surface area contributed by atoms with Crippen LogP contribution in [0.5, 0.6) is 0 Å². The molecule has 1 aliphatic heterocycles. The Hall–Kier alpha value is -3.68. The minimum atomic E-state index is -1.13. The number of nitrogens with zero attached hydrogens (tertiary/aromatic N) is 2. The third kappa shape index (κ3) is 8.94. The number of rotatable bonds is 13. The van der Waals surface area contributed by atoms with Gasteiger partial charge in [0, 0.05) is 12.8 Å². The zero-order valence-electron chi connectivity index (χ0n) is 21.5. The number of ketones is 1. The van der Waals surface area contributed by atoms with Crippen LogP contribution in [0.4, 0.5) is 15.0 Å². The van der Waals surface area contributed by atoms with Gasteiger partial charge in [0.25, 0.3) is 0 Å². The number of hydrogen-bond acceptors (Lipinski definition) is 9. The number of benzene rings is 1. The van der Waals surface area contributed by atoms with Crippen molar-refractivity contribution in [3.05, 3.63) is 58.4 Å². The van der Waals surface area contributed by atoms with E-state index in [-0.39, 0.29) is 25.2 Å². The van der Waals surface area contributed by atoms with Crippen LogP contribution in [0.3, 0.4) is 0 Å². The number of aromatic nitrogens is 2. The zero-order valence-corrected chi connectivity index (χ0v) is 21.5. The summed E-state index contributed by atoms with van der Waals surface area (Å²) in [6.45, 7) is 0.984. The number of hydrogen-bond donors (Lipinski definition) is 4. The topological polar surface area (TPSA) is 169 Å². The standard InChI is InChI=1S/C26H33FN4O8/c1-16(33)8-4-2-7-11-19(28-26(37)38-15-17-9-5-3-6-10-17)24(35)29-23-18(27)13-31(25(36)30-23)22-12-20(34)21(14-32)39-22/h3,5-6,9-10,13,19-22,32,34H,2,4,7-8,11-12,14-15H2,1H3,(H,28,37)(H,29,30,35,36)/t19?,20-,21-,22-/m1/s1. The van der Waals surface area contributed by atoms with E-state index >= 15 is 0 Å². The number of anilines is 1. The predicted octanol–water partition coefficient (Wildman–Crippen LogP) is 1.80. The lowest BCUT2D eigenvalue weighted by Crippen LogP contribution is -2.44. The van der Waals surface area contributed by atoms with Gasteiger partial charge in [-0.25, -0.2) is 14.0 Å². The summed E-state index contributed by atoms with van der Waals surface area (Å²) < 4.78 is 26.2. The van der Waals surface area contributed by atoms with E-state index in [1.807, 2.05) is 6.07 Å². The molecule has 1 saturated heterocycles. The normalized spacial score (nSPS) is 19.3. The van der Waals surface area contributed by atoms with Crippen molar-refractivity contribution in [2.75, 3.05) is 11.9 Å². The molecule has 0 radical (unpaired) electrons. The van der Waals surface area contributed by atoms with Gasteiger partial charge in [-0.05, 0) is 25.3 Å². The molecule has 1 aromatic heterocycles. The molecule has 0 spiro atoms. The minimum Gasteiger partial charge on any atom is -0.445 e. The molecular formula is C26H33FN4O8. The van der Waals surface area contributed by atoms with Crippen LogP contribution in [-0.4, -0.2) is 62.4 Å². The van der Waals surface area contributed by atoms with Crippen LogP contribution in [-0.2, 0) is 25.7 Å². The van der Waals surface area contributed by atoms with Crippen LogP contribution < -0.4 is 16.3 Å². The van der Waals surface area contributed by atoms with Crippen LogP contribution >= 0.6 is 0 Å². The summed E-state index contributed by atoms with van der Waals surface area (Å²) in [5, 5.41) is 23.8. The summed E-state index contributed by atoms with van der Waals surface area (Å²) in [7, 11) is 0. The molecule has 1 fully saturated rings. The Bertz CT molecular complexity index is 1190. The fraction of sp³-hybridized carbons (Fsp3) is 0.500. The predicted molar refractivity (Wildman–Crippen MR) is 136 cm³/mol. The SMILES string of the molecule is CC(=O)CCCCCC(NC(=O)OCc1ccccc1)C(=O)Nc1nc(=O)n([C@H]2C[C@@H](O)[C@@H](CO)O2)cc1F. The lowest BCUT2D eigenvalue weighted by atomic mass is 10.1. The molecular weight excluding hydrogens is 515 g/mol. The largest absolute Gasteiger partial charge is 0.445 e. The highest BCUT2D eigenvalue weighted by atomic mass is 19.1. The van der Waals surface area contributed by atoms with Crippen molar-refractivity contribution < 1.29 is 38.5 Å². The second-order valence-corrected chi connectivity index (χ2v) is 9.29. The first kappa shape index (κ1) is 29.9. The Morgan fingerprint density at radius 3 is 2.64 bits per heavy atom. The maximum atomic E-state index is 14.8. The van der Waals surface area contributed by atoms with Crippen molar-refractivity contribution in [2.24, 2.45) is 0 Å². The third-order valence-electron chi connectivity index (χ3n) is 6.19. The number of aliphatic hydroxyl groups is 2. The van der Waals surface area contributed by atoms with E-state index in [0.717, 1.165) is 16.3 Å². The van der Waals surface area contributed by atoms with E-state index < -0.39 is 60.4 Å². The third-order valence-corrected chi connectivity index (χ3v) is 6.19. The summed E-state index contributed by atoms with van der Waals surface area (Å²) in [5.74, 6) is -2.44. The van der Waals surface area contributed by atoms with Gasteiger partial charge in [0.1, 0.15) is 30.8 Å². The van der Waals surface area contributed by atoms with Crippen molar-refractivity contribution in [1.29, 1.82) is 0 Å². The lowest BCUT2D eigenvalue weighted by molar-refractivity contribution is -0.118. The number of unbranched alkanes of at least 4 members (excludes halogenated alkanes) is 2. The second kappa shape index (κ2) is 14.5. The minimum absolute atomic E-state index is 0.0247. The molecule has 0 aliphatic carbocycles. The van der Waals surface area contributed by atoms with E-state index in [2.05, 4.69) is 15.6 Å². The Kier molecular flexibility index (Phi) is 11.1.